The standard InChI is InChI=1S/C37H34Br2F6N2O2/c1-3-5-13-25-19-27(21-29(38)31(25)46-33(48)23-15-9-7-10-16-23)35(36(40,41)42,37(43,44)45)28-20-26(14-6-4-2)32(30(39)22-28)47-34(49)24-17-11-8-12-18-24/h7-12,15-22H,3-6,13-14H2,1-2H3,(H,46,48)(H,47,49). The van der Waals surface area contributed by atoms with Gasteiger partial charge in [-0.3, -0.25) is 9.59 Å². The molecule has 0 radical (unpaired) electrons. The Kier molecular flexibility index (Phi) is 12.4. The van der Waals surface area contributed by atoms with Gasteiger partial charge >= 0.3 is 12.4 Å². The molecule has 4 aromatic rings. The Morgan fingerprint density at radius 1 is 0.592 bits per heavy atom. The average molecular weight is 812 g/mol. The first-order chi connectivity index (χ1) is 23.1. The number of aryl methyl sites for hydroxylation is 2. The van der Waals surface area contributed by atoms with Crippen molar-refractivity contribution < 1.29 is 35.9 Å². The normalized spacial score (nSPS) is 12.1. The van der Waals surface area contributed by atoms with E-state index in [2.05, 4.69) is 42.5 Å². The second-order valence-electron chi connectivity index (χ2n) is 11.6. The van der Waals surface area contributed by atoms with Crippen LogP contribution in [0.4, 0.5) is 37.7 Å². The minimum Gasteiger partial charge on any atom is -0.321 e. The quantitative estimate of drug-likeness (QED) is 0.140. The first-order valence-electron chi connectivity index (χ1n) is 15.7. The first-order valence-corrected chi connectivity index (χ1v) is 17.3. The van der Waals surface area contributed by atoms with Crippen molar-refractivity contribution in [3.63, 3.8) is 0 Å². The molecule has 2 N–H and O–H groups in total. The third-order valence-electron chi connectivity index (χ3n) is 8.21. The Balaban J connectivity index is 1.96. The van der Waals surface area contributed by atoms with Gasteiger partial charge in [0, 0.05) is 20.1 Å². The predicted molar refractivity (Wildman–Crippen MR) is 187 cm³/mol. The summed E-state index contributed by atoms with van der Waals surface area (Å²) in [4.78, 5) is 26.1. The summed E-state index contributed by atoms with van der Waals surface area (Å²) < 4.78 is 92.4. The van der Waals surface area contributed by atoms with Gasteiger partial charge in [-0.05, 0) is 116 Å². The van der Waals surface area contributed by atoms with Crippen LogP contribution in [0.1, 0.15) is 82.5 Å². The summed E-state index contributed by atoms with van der Waals surface area (Å²) in [5.74, 6) is -1.13. The van der Waals surface area contributed by atoms with Gasteiger partial charge < -0.3 is 10.6 Å². The van der Waals surface area contributed by atoms with Crippen molar-refractivity contribution in [1.82, 2.24) is 0 Å². The van der Waals surface area contributed by atoms with Gasteiger partial charge in [0.15, 0.2) is 0 Å². The smallest absolute Gasteiger partial charge is 0.321 e. The molecule has 2 amide bonds. The number of unbranched alkanes of at least 4 members (excludes halogenated alkanes) is 2. The van der Waals surface area contributed by atoms with Crippen molar-refractivity contribution in [3.8, 4) is 0 Å². The zero-order valence-electron chi connectivity index (χ0n) is 26.7. The number of benzene rings is 4. The highest BCUT2D eigenvalue weighted by Crippen LogP contribution is 2.58. The van der Waals surface area contributed by atoms with Crippen molar-refractivity contribution >= 4 is 55.0 Å². The number of nitrogens with one attached hydrogen (secondary N) is 2. The molecular weight excluding hydrogens is 778 g/mol. The van der Waals surface area contributed by atoms with E-state index in [1.165, 1.54) is 0 Å². The molecule has 0 fully saturated rings. The molecule has 0 aliphatic carbocycles. The molecule has 0 atom stereocenters. The number of anilines is 2. The number of carbonyl (C=O) groups excluding carboxylic acids is 2. The molecule has 0 aliphatic rings. The topological polar surface area (TPSA) is 58.2 Å². The van der Waals surface area contributed by atoms with Crippen LogP contribution in [-0.4, -0.2) is 24.2 Å². The molecule has 4 aromatic carbocycles. The van der Waals surface area contributed by atoms with Crippen LogP contribution in [0.25, 0.3) is 0 Å². The number of amides is 2. The lowest BCUT2D eigenvalue weighted by Crippen LogP contribution is -2.55. The Hall–Kier alpha value is -3.64. The van der Waals surface area contributed by atoms with Gasteiger partial charge in [-0.1, -0.05) is 75.2 Å². The summed E-state index contributed by atoms with van der Waals surface area (Å²) in [6.07, 6.45) is -9.43. The molecule has 0 spiro atoms. The van der Waals surface area contributed by atoms with Crippen LogP contribution in [0.5, 0.6) is 0 Å². The van der Waals surface area contributed by atoms with E-state index in [1.807, 2.05) is 13.8 Å². The van der Waals surface area contributed by atoms with Gasteiger partial charge in [-0.2, -0.15) is 26.3 Å². The van der Waals surface area contributed by atoms with Gasteiger partial charge in [0.25, 0.3) is 11.8 Å². The highest BCUT2D eigenvalue weighted by molar-refractivity contribution is 9.11. The summed E-state index contributed by atoms with van der Waals surface area (Å²) in [7, 11) is 0. The van der Waals surface area contributed by atoms with Crippen LogP contribution < -0.4 is 10.6 Å². The fourth-order valence-electron chi connectivity index (χ4n) is 5.70. The summed E-state index contributed by atoms with van der Waals surface area (Å²) in [5, 5.41) is 5.37. The SMILES string of the molecule is CCCCc1cc(C(c2cc(Br)c(NC(=O)c3ccccc3)c(CCCC)c2)(C(F)(F)F)C(F)(F)F)cc(Br)c1NC(=O)c1ccccc1. The molecule has 260 valence electrons. The second-order valence-corrected chi connectivity index (χ2v) is 13.3. The zero-order chi connectivity index (χ0) is 36.0. The lowest BCUT2D eigenvalue weighted by molar-refractivity contribution is -0.288. The van der Waals surface area contributed by atoms with Gasteiger partial charge in [0.05, 0.1) is 11.4 Å². The average Bonchev–Trinajstić information content (AvgIpc) is 3.05. The van der Waals surface area contributed by atoms with Crippen molar-refractivity contribution in [3.05, 3.63) is 127 Å². The zero-order valence-corrected chi connectivity index (χ0v) is 29.8. The van der Waals surface area contributed by atoms with Crippen LogP contribution in [0, 0.1) is 0 Å². The maximum Gasteiger partial charge on any atom is 0.411 e. The summed E-state index contributed by atoms with van der Waals surface area (Å²) in [6.45, 7) is 3.68. The molecule has 0 heterocycles. The van der Waals surface area contributed by atoms with Crippen LogP contribution in [0.2, 0.25) is 0 Å². The number of hydrogen-bond acceptors (Lipinski definition) is 2. The van der Waals surface area contributed by atoms with E-state index in [0.717, 1.165) is 24.3 Å². The van der Waals surface area contributed by atoms with E-state index in [-0.39, 0.29) is 55.4 Å². The fourth-order valence-corrected chi connectivity index (χ4v) is 6.90. The van der Waals surface area contributed by atoms with Crippen molar-refractivity contribution in [1.29, 1.82) is 0 Å². The Labute approximate surface area is 297 Å². The minimum absolute atomic E-state index is 0.0908. The Morgan fingerprint density at radius 3 is 1.24 bits per heavy atom. The summed E-state index contributed by atoms with van der Waals surface area (Å²) in [6, 6.07) is 19.5. The van der Waals surface area contributed by atoms with E-state index in [9.17, 15) is 9.59 Å². The number of carbonyl (C=O) groups is 2. The van der Waals surface area contributed by atoms with Crippen molar-refractivity contribution in [2.75, 3.05) is 10.6 Å². The monoisotopic (exact) mass is 810 g/mol. The summed E-state index contributed by atoms with van der Waals surface area (Å²) >= 11 is 6.41. The molecular formula is C37H34Br2F6N2O2. The highest BCUT2D eigenvalue weighted by Gasteiger charge is 2.72. The molecule has 0 saturated heterocycles. The number of alkyl halides is 6. The number of rotatable bonds is 12. The third kappa shape index (κ3) is 8.23. The Bertz CT molecular complexity index is 1650. The Morgan fingerprint density at radius 2 is 0.939 bits per heavy atom. The van der Waals surface area contributed by atoms with E-state index in [1.54, 1.807) is 60.7 Å². The van der Waals surface area contributed by atoms with Gasteiger partial charge in [-0.25, -0.2) is 0 Å². The van der Waals surface area contributed by atoms with Crippen LogP contribution in [0.3, 0.4) is 0 Å². The first kappa shape index (κ1) is 38.2. The maximum atomic E-state index is 15.4. The molecule has 0 saturated carbocycles. The fraction of sp³-hybridized carbons (Fsp3) is 0.297. The van der Waals surface area contributed by atoms with E-state index < -0.39 is 40.7 Å². The van der Waals surface area contributed by atoms with E-state index in [0.29, 0.717) is 25.7 Å². The molecule has 12 heteroatoms. The van der Waals surface area contributed by atoms with Crippen molar-refractivity contribution in [2.24, 2.45) is 0 Å². The minimum atomic E-state index is -5.86. The number of hydrogen-bond donors (Lipinski definition) is 2. The predicted octanol–water partition coefficient (Wildman–Crippen LogP) is 11.8. The van der Waals surface area contributed by atoms with Crippen LogP contribution >= 0.6 is 31.9 Å². The van der Waals surface area contributed by atoms with E-state index in [4.69, 9.17) is 0 Å². The van der Waals surface area contributed by atoms with Gasteiger partial charge in [0.2, 0.25) is 5.41 Å². The lowest BCUT2D eigenvalue weighted by atomic mass is 9.71. The second kappa shape index (κ2) is 15.9. The van der Waals surface area contributed by atoms with Crippen LogP contribution in [-0.2, 0) is 18.3 Å². The number of halogens is 8. The largest absolute Gasteiger partial charge is 0.411 e. The maximum absolute atomic E-state index is 15.4. The molecule has 49 heavy (non-hydrogen) atoms. The molecule has 0 aliphatic heterocycles. The molecule has 0 bridgehead atoms. The third-order valence-corrected chi connectivity index (χ3v) is 9.46. The highest BCUT2D eigenvalue weighted by atomic mass is 79.9. The summed E-state index contributed by atoms with van der Waals surface area (Å²) in [5.41, 5.74) is -5.64. The molecule has 4 rings (SSSR count). The van der Waals surface area contributed by atoms with Crippen molar-refractivity contribution in [2.45, 2.75) is 70.1 Å². The molecule has 0 unspecified atom stereocenters. The van der Waals surface area contributed by atoms with E-state index >= 15 is 26.3 Å². The molecule has 0 aromatic heterocycles. The van der Waals surface area contributed by atoms with Gasteiger partial charge in [0.1, 0.15) is 0 Å². The van der Waals surface area contributed by atoms with Crippen LogP contribution in [0.15, 0.2) is 93.9 Å². The molecule has 4 nitrogen and oxygen atoms in total. The lowest BCUT2D eigenvalue weighted by Gasteiger charge is -2.39. The van der Waals surface area contributed by atoms with Gasteiger partial charge in [-0.15, -0.1) is 0 Å².